The number of carboxylic acids is 1. The van der Waals surface area contributed by atoms with Crippen molar-refractivity contribution in [2.45, 2.75) is 12.2 Å². The van der Waals surface area contributed by atoms with Crippen LogP contribution in [0.4, 0.5) is 0 Å². The summed E-state index contributed by atoms with van der Waals surface area (Å²) in [4.78, 5) is 10.8. The lowest BCUT2D eigenvalue weighted by atomic mass is 10.0. The van der Waals surface area contributed by atoms with E-state index in [1.807, 2.05) is 0 Å². The smallest absolute Gasteiger partial charge is 0.335 e. The van der Waals surface area contributed by atoms with Crippen LogP contribution in [0.3, 0.4) is 0 Å². The van der Waals surface area contributed by atoms with Crippen LogP contribution >= 0.6 is 0 Å². The maximum Gasteiger partial charge on any atom is 0.335 e. The molecule has 6 nitrogen and oxygen atoms in total. The van der Waals surface area contributed by atoms with Gasteiger partial charge in [0.1, 0.15) is 11.9 Å². The number of nitrogens with zero attached hydrogens (tertiary/aromatic N) is 1. The minimum atomic E-state index is -1.65. The summed E-state index contributed by atoms with van der Waals surface area (Å²) in [6.45, 7) is 0. The van der Waals surface area contributed by atoms with Gasteiger partial charge in [0.25, 0.3) is 0 Å². The van der Waals surface area contributed by atoms with Crippen molar-refractivity contribution in [3.63, 3.8) is 0 Å². The predicted molar refractivity (Wildman–Crippen MR) is 56.5 cm³/mol. The average molecular weight is 237 g/mol. The minimum absolute atomic E-state index is 0.0569. The standard InChI is InChI=1S/C11H11NO5/c1-17-9-3-2-6(11(15)16)4-7(9)10(14)8(13)5-12/h2-4,8,10,13-14H,1H3,(H,15,16). The third-order valence-corrected chi connectivity index (χ3v) is 2.23. The van der Waals surface area contributed by atoms with Gasteiger partial charge in [-0.2, -0.15) is 5.26 Å². The minimum Gasteiger partial charge on any atom is -0.496 e. The molecule has 0 heterocycles. The second kappa shape index (κ2) is 5.30. The fourth-order valence-corrected chi connectivity index (χ4v) is 1.34. The number of benzene rings is 1. The summed E-state index contributed by atoms with van der Waals surface area (Å²) in [5.41, 5.74) is -0.00793. The normalized spacial score (nSPS) is 13.5. The van der Waals surface area contributed by atoms with Crippen molar-refractivity contribution in [1.82, 2.24) is 0 Å². The first-order valence-electron chi connectivity index (χ1n) is 4.68. The molecule has 0 aliphatic heterocycles. The summed E-state index contributed by atoms with van der Waals surface area (Å²) >= 11 is 0. The lowest BCUT2D eigenvalue weighted by Gasteiger charge is -2.16. The van der Waals surface area contributed by atoms with E-state index in [1.165, 1.54) is 25.3 Å². The zero-order valence-electron chi connectivity index (χ0n) is 8.99. The zero-order chi connectivity index (χ0) is 13.0. The van der Waals surface area contributed by atoms with E-state index < -0.39 is 18.2 Å². The maximum absolute atomic E-state index is 10.8. The Morgan fingerprint density at radius 2 is 2.12 bits per heavy atom. The lowest BCUT2D eigenvalue weighted by molar-refractivity contribution is 0.0508. The fraction of sp³-hybridized carbons (Fsp3) is 0.273. The summed E-state index contributed by atoms with van der Waals surface area (Å²) < 4.78 is 4.92. The molecule has 0 bridgehead atoms. The third kappa shape index (κ3) is 2.72. The number of aromatic carboxylic acids is 1. The van der Waals surface area contributed by atoms with Gasteiger partial charge in [0.05, 0.1) is 18.7 Å². The van der Waals surface area contributed by atoms with Crippen molar-refractivity contribution in [1.29, 1.82) is 5.26 Å². The van der Waals surface area contributed by atoms with Crippen LogP contribution in [0.1, 0.15) is 22.0 Å². The molecule has 6 heteroatoms. The van der Waals surface area contributed by atoms with Crippen LogP contribution in [0.25, 0.3) is 0 Å². The molecule has 2 atom stereocenters. The molecule has 17 heavy (non-hydrogen) atoms. The third-order valence-electron chi connectivity index (χ3n) is 2.23. The molecule has 1 aromatic rings. The van der Waals surface area contributed by atoms with Gasteiger partial charge >= 0.3 is 5.97 Å². The van der Waals surface area contributed by atoms with Crippen LogP contribution in [0.2, 0.25) is 0 Å². The first-order chi connectivity index (χ1) is 8.01. The van der Waals surface area contributed by atoms with Gasteiger partial charge in [-0.05, 0) is 18.2 Å². The van der Waals surface area contributed by atoms with E-state index in [2.05, 4.69) is 0 Å². The summed E-state index contributed by atoms with van der Waals surface area (Å²) in [6, 6.07) is 5.28. The molecule has 0 aromatic heterocycles. The zero-order valence-corrected chi connectivity index (χ0v) is 8.99. The van der Waals surface area contributed by atoms with Gasteiger partial charge in [0.2, 0.25) is 0 Å². The van der Waals surface area contributed by atoms with Crippen molar-refractivity contribution in [3.8, 4) is 11.8 Å². The van der Waals surface area contributed by atoms with E-state index in [-0.39, 0.29) is 16.9 Å². The van der Waals surface area contributed by atoms with Gasteiger partial charge in [-0.3, -0.25) is 0 Å². The Kier molecular flexibility index (Phi) is 4.04. The molecular formula is C11H11NO5. The highest BCUT2D eigenvalue weighted by molar-refractivity contribution is 5.88. The molecule has 0 aliphatic carbocycles. The lowest BCUT2D eigenvalue weighted by Crippen LogP contribution is -2.17. The Hall–Kier alpha value is -2.10. The molecular weight excluding hydrogens is 226 g/mol. The molecule has 0 radical (unpaired) electrons. The van der Waals surface area contributed by atoms with E-state index in [0.29, 0.717) is 0 Å². The molecule has 3 N–H and O–H groups in total. The Bertz CT molecular complexity index is 465. The predicted octanol–water partition coefficient (Wildman–Crippen LogP) is 0.311. The summed E-state index contributed by atoms with van der Waals surface area (Å²) in [5, 5.41) is 36.2. The topological polar surface area (TPSA) is 111 Å². The molecule has 0 fully saturated rings. The molecule has 0 saturated carbocycles. The highest BCUT2D eigenvalue weighted by Crippen LogP contribution is 2.28. The van der Waals surface area contributed by atoms with E-state index in [1.54, 1.807) is 0 Å². The van der Waals surface area contributed by atoms with Crippen LogP contribution in [-0.4, -0.2) is 34.5 Å². The van der Waals surface area contributed by atoms with Gasteiger partial charge in [-0.15, -0.1) is 0 Å². The molecule has 1 rings (SSSR count). The molecule has 0 saturated heterocycles. The largest absolute Gasteiger partial charge is 0.496 e. The molecule has 2 unspecified atom stereocenters. The number of hydrogen-bond acceptors (Lipinski definition) is 5. The molecule has 0 amide bonds. The Morgan fingerprint density at radius 1 is 1.47 bits per heavy atom. The SMILES string of the molecule is COc1ccc(C(=O)O)cc1C(O)C(O)C#N. The van der Waals surface area contributed by atoms with E-state index in [0.717, 1.165) is 6.07 Å². The molecule has 0 spiro atoms. The number of hydrogen-bond donors (Lipinski definition) is 3. The van der Waals surface area contributed by atoms with Crippen LogP contribution in [0.5, 0.6) is 5.75 Å². The summed E-state index contributed by atoms with van der Waals surface area (Å²) in [7, 11) is 1.34. The number of nitriles is 1. The number of carboxylic acid groups (broad SMARTS) is 1. The Labute approximate surface area is 97.3 Å². The highest BCUT2D eigenvalue weighted by atomic mass is 16.5. The van der Waals surface area contributed by atoms with Crippen LogP contribution in [0.15, 0.2) is 18.2 Å². The molecule has 0 aliphatic rings. The van der Waals surface area contributed by atoms with Crippen LogP contribution < -0.4 is 4.74 Å². The maximum atomic E-state index is 10.8. The monoisotopic (exact) mass is 237 g/mol. The number of carbonyl (C=O) groups is 1. The van der Waals surface area contributed by atoms with Crippen molar-refractivity contribution >= 4 is 5.97 Å². The van der Waals surface area contributed by atoms with E-state index in [4.69, 9.17) is 15.1 Å². The number of methoxy groups -OCH3 is 1. The molecule has 1 aromatic carbocycles. The quantitative estimate of drug-likeness (QED) is 0.650. The van der Waals surface area contributed by atoms with Crippen LogP contribution in [-0.2, 0) is 0 Å². The van der Waals surface area contributed by atoms with Crippen molar-refractivity contribution < 1.29 is 24.9 Å². The number of aliphatic hydroxyl groups is 2. The summed E-state index contributed by atoms with van der Waals surface area (Å²) in [6.07, 6.45) is -3.16. The highest BCUT2D eigenvalue weighted by Gasteiger charge is 2.22. The Balaban J connectivity index is 3.24. The first-order valence-corrected chi connectivity index (χ1v) is 4.68. The second-order valence-electron chi connectivity index (χ2n) is 3.28. The summed E-state index contributed by atoms with van der Waals surface area (Å²) in [5.74, 6) is -0.968. The van der Waals surface area contributed by atoms with Gasteiger partial charge in [-0.1, -0.05) is 0 Å². The fourth-order valence-electron chi connectivity index (χ4n) is 1.34. The Morgan fingerprint density at radius 3 is 2.59 bits per heavy atom. The van der Waals surface area contributed by atoms with Crippen molar-refractivity contribution in [3.05, 3.63) is 29.3 Å². The van der Waals surface area contributed by atoms with Gasteiger partial charge in [0, 0.05) is 5.56 Å². The second-order valence-corrected chi connectivity index (χ2v) is 3.28. The van der Waals surface area contributed by atoms with Gasteiger partial charge < -0.3 is 20.1 Å². The van der Waals surface area contributed by atoms with E-state index >= 15 is 0 Å². The van der Waals surface area contributed by atoms with Crippen molar-refractivity contribution in [2.24, 2.45) is 0 Å². The van der Waals surface area contributed by atoms with Crippen molar-refractivity contribution in [2.75, 3.05) is 7.11 Å². The number of aliphatic hydroxyl groups excluding tert-OH is 2. The number of ether oxygens (including phenoxy) is 1. The van der Waals surface area contributed by atoms with Gasteiger partial charge in [0.15, 0.2) is 6.10 Å². The first kappa shape index (κ1) is 13.0. The van der Waals surface area contributed by atoms with E-state index in [9.17, 15) is 15.0 Å². The average Bonchev–Trinajstić information content (AvgIpc) is 2.35. The van der Waals surface area contributed by atoms with Gasteiger partial charge in [-0.25, -0.2) is 4.79 Å². The van der Waals surface area contributed by atoms with Crippen LogP contribution in [0, 0.1) is 11.3 Å². The molecule has 90 valence electrons. The number of rotatable bonds is 4.